The summed E-state index contributed by atoms with van der Waals surface area (Å²) < 4.78 is 0. The van der Waals surface area contributed by atoms with Crippen LogP contribution >= 0.6 is 0 Å². The van der Waals surface area contributed by atoms with Gasteiger partial charge < -0.3 is 5.32 Å². The van der Waals surface area contributed by atoms with Crippen LogP contribution in [0.4, 0.5) is 16.2 Å². The highest BCUT2D eigenvalue weighted by molar-refractivity contribution is 6.01. The van der Waals surface area contributed by atoms with Gasteiger partial charge in [0.05, 0.1) is 6.54 Å². The van der Waals surface area contributed by atoms with Crippen LogP contribution in [0.2, 0.25) is 0 Å². The lowest BCUT2D eigenvalue weighted by Gasteiger charge is -2.23. The van der Waals surface area contributed by atoms with E-state index >= 15 is 0 Å². The van der Waals surface area contributed by atoms with E-state index in [9.17, 15) is 4.79 Å². The number of carbonyl (C=O) groups excluding carboxylic acids is 1. The lowest BCUT2D eigenvalue weighted by Crippen LogP contribution is -2.34. The number of amides is 2. The molecule has 3 aromatic carbocycles. The van der Waals surface area contributed by atoms with Crippen molar-refractivity contribution >= 4 is 17.4 Å². The Morgan fingerprint density at radius 3 is 2.04 bits per heavy atom. The van der Waals surface area contributed by atoms with Gasteiger partial charge in [0.15, 0.2) is 0 Å². The second kappa shape index (κ2) is 7.47. The van der Waals surface area contributed by atoms with Crippen molar-refractivity contribution in [2.24, 2.45) is 0 Å². The van der Waals surface area contributed by atoms with E-state index in [0.717, 1.165) is 16.9 Å². The SMILES string of the molecule is Cc1ccc(N(Cc2ccccc2)C(=O)Nc2ccccc2)cc1. The number of urea groups is 1. The molecule has 0 saturated heterocycles. The summed E-state index contributed by atoms with van der Waals surface area (Å²) in [4.78, 5) is 14.6. The van der Waals surface area contributed by atoms with Crippen LogP contribution in [0.15, 0.2) is 84.9 Å². The summed E-state index contributed by atoms with van der Waals surface area (Å²) in [5.74, 6) is 0. The Hall–Kier alpha value is -3.07. The van der Waals surface area contributed by atoms with Gasteiger partial charge in [-0.15, -0.1) is 0 Å². The van der Waals surface area contributed by atoms with Crippen molar-refractivity contribution in [3.63, 3.8) is 0 Å². The van der Waals surface area contributed by atoms with Crippen molar-refractivity contribution in [2.45, 2.75) is 13.5 Å². The number of aryl methyl sites for hydroxylation is 1. The number of carbonyl (C=O) groups is 1. The van der Waals surface area contributed by atoms with Gasteiger partial charge in [0, 0.05) is 11.4 Å². The van der Waals surface area contributed by atoms with Crippen LogP contribution in [0.3, 0.4) is 0 Å². The van der Waals surface area contributed by atoms with E-state index < -0.39 is 0 Å². The molecule has 120 valence electrons. The molecule has 24 heavy (non-hydrogen) atoms. The quantitative estimate of drug-likeness (QED) is 0.702. The first-order chi connectivity index (χ1) is 11.7. The Labute approximate surface area is 142 Å². The minimum atomic E-state index is -0.145. The van der Waals surface area contributed by atoms with Crippen molar-refractivity contribution in [3.05, 3.63) is 96.1 Å². The number of rotatable bonds is 4. The van der Waals surface area contributed by atoms with E-state index in [1.165, 1.54) is 5.56 Å². The zero-order chi connectivity index (χ0) is 16.8. The molecule has 0 bridgehead atoms. The van der Waals surface area contributed by atoms with Gasteiger partial charge in [0.1, 0.15) is 0 Å². The van der Waals surface area contributed by atoms with E-state index in [1.54, 1.807) is 4.90 Å². The van der Waals surface area contributed by atoms with Crippen molar-refractivity contribution in [3.8, 4) is 0 Å². The van der Waals surface area contributed by atoms with Crippen LogP contribution in [0.5, 0.6) is 0 Å². The molecule has 3 rings (SSSR count). The van der Waals surface area contributed by atoms with E-state index in [4.69, 9.17) is 0 Å². The molecule has 0 aromatic heterocycles. The lowest BCUT2D eigenvalue weighted by atomic mass is 10.2. The molecule has 0 unspecified atom stereocenters. The number of nitrogens with zero attached hydrogens (tertiary/aromatic N) is 1. The molecular formula is C21H20N2O. The molecule has 2 amide bonds. The van der Waals surface area contributed by atoms with Crippen molar-refractivity contribution in [1.82, 2.24) is 0 Å². The maximum absolute atomic E-state index is 12.8. The number of anilines is 2. The molecule has 0 aliphatic rings. The normalized spacial score (nSPS) is 10.2. The summed E-state index contributed by atoms with van der Waals surface area (Å²) in [6, 6.07) is 27.3. The summed E-state index contributed by atoms with van der Waals surface area (Å²) in [6.45, 7) is 2.55. The summed E-state index contributed by atoms with van der Waals surface area (Å²) in [6.07, 6.45) is 0. The summed E-state index contributed by atoms with van der Waals surface area (Å²) in [5.41, 5.74) is 3.91. The number of nitrogens with one attached hydrogen (secondary N) is 1. The molecule has 0 heterocycles. The average Bonchev–Trinajstić information content (AvgIpc) is 2.62. The fourth-order valence-electron chi connectivity index (χ4n) is 2.48. The number of para-hydroxylation sites is 1. The van der Waals surface area contributed by atoms with Crippen molar-refractivity contribution in [2.75, 3.05) is 10.2 Å². The fraction of sp³-hybridized carbons (Fsp3) is 0.0952. The van der Waals surface area contributed by atoms with Crippen LogP contribution in [0, 0.1) is 6.92 Å². The van der Waals surface area contributed by atoms with Crippen molar-refractivity contribution < 1.29 is 4.79 Å². The van der Waals surface area contributed by atoms with Gasteiger partial charge in [-0.2, -0.15) is 0 Å². The topological polar surface area (TPSA) is 32.3 Å². The predicted molar refractivity (Wildman–Crippen MR) is 99.3 cm³/mol. The van der Waals surface area contributed by atoms with Gasteiger partial charge in [-0.25, -0.2) is 4.79 Å². The largest absolute Gasteiger partial charge is 0.326 e. The molecule has 0 fully saturated rings. The molecule has 3 nitrogen and oxygen atoms in total. The van der Waals surface area contributed by atoms with Gasteiger partial charge >= 0.3 is 6.03 Å². The Kier molecular flexibility index (Phi) is 4.92. The third-order valence-electron chi connectivity index (χ3n) is 3.80. The van der Waals surface area contributed by atoms with E-state index in [-0.39, 0.29) is 6.03 Å². The number of benzene rings is 3. The number of hydrogen-bond donors (Lipinski definition) is 1. The Balaban J connectivity index is 1.86. The highest BCUT2D eigenvalue weighted by atomic mass is 16.2. The predicted octanol–water partition coefficient (Wildman–Crippen LogP) is 5.23. The minimum absolute atomic E-state index is 0.145. The molecule has 3 aromatic rings. The Bertz CT molecular complexity index is 783. The van der Waals surface area contributed by atoms with Crippen LogP contribution in [-0.2, 0) is 6.54 Å². The zero-order valence-corrected chi connectivity index (χ0v) is 13.6. The molecule has 0 aliphatic heterocycles. The average molecular weight is 316 g/mol. The fourth-order valence-corrected chi connectivity index (χ4v) is 2.48. The first-order valence-corrected chi connectivity index (χ1v) is 7.96. The molecule has 0 aliphatic carbocycles. The van der Waals surface area contributed by atoms with Crippen LogP contribution in [-0.4, -0.2) is 6.03 Å². The Morgan fingerprint density at radius 2 is 1.42 bits per heavy atom. The summed E-state index contributed by atoms with van der Waals surface area (Å²) >= 11 is 0. The third-order valence-corrected chi connectivity index (χ3v) is 3.80. The molecule has 0 radical (unpaired) electrons. The van der Waals surface area contributed by atoms with E-state index in [1.807, 2.05) is 91.9 Å². The minimum Gasteiger partial charge on any atom is -0.308 e. The Morgan fingerprint density at radius 1 is 0.833 bits per heavy atom. The van der Waals surface area contributed by atoms with Gasteiger partial charge in [0.25, 0.3) is 0 Å². The van der Waals surface area contributed by atoms with Crippen LogP contribution in [0.1, 0.15) is 11.1 Å². The first-order valence-electron chi connectivity index (χ1n) is 7.96. The van der Waals surface area contributed by atoms with Crippen LogP contribution in [0.25, 0.3) is 0 Å². The van der Waals surface area contributed by atoms with Crippen molar-refractivity contribution in [1.29, 1.82) is 0 Å². The smallest absolute Gasteiger partial charge is 0.308 e. The van der Waals surface area contributed by atoms with Gasteiger partial charge in [-0.1, -0.05) is 66.2 Å². The maximum Gasteiger partial charge on any atom is 0.326 e. The molecule has 3 heteroatoms. The van der Waals surface area contributed by atoms with Gasteiger partial charge in [-0.05, 0) is 36.8 Å². The highest BCUT2D eigenvalue weighted by Gasteiger charge is 2.16. The van der Waals surface area contributed by atoms with Gasteiger partial charge in [-0.3, -0.25) is 4.90 Å². The second-order valence-electron chi connectivity index (χ2n) is 5.70. The maximum atomic E-state index is 12.8. The molecule has 0 saturated carbocycles. The molecule has 1 N–H and O–H groups in total. The molecule has 0 atom stereocenters. The van der Waals surface area contributed by atoms with E-state index in [0.29, 0.717) is 6.54 Å². The lowest BCUT2D eigenvalue weighted by molar-refractivity contribution is 0.256. The molecule has 0 spiro atoms. The number of hydrogen-bond acceptors (Lipinski definition) is 1. The monoisotopic (exact) mass is 316 g/mol. The standard InChI is InChI=1S/C21H20N2O/c1-17-12-14-20(15-13-17)23(16-18-8-4-2-5-9-18)21(24)22-19-10-6-3-7-11-19/h2-15H,16H2,1H3,(H,22,24). The summed E-state index contributed by atoms with van der Waals surface area (Å²) in [5, 5.41) is 2.96. The highest BCUT2D eigenvalue weighted by Crippen LogP contribution is 2.20. The third kappa shape index (κ3) is 4.02. The summed E-state index contributed by atoms with van der Waals surface area (Å²) in [7, 11) is 0. The van der Waals surface area contributed by atoms with Gasteiger partial charge in [0.2, 0.25) is 0 Å². The first kappa shape index (κ1) is 15.8. The van der Waals surface area contributed by atoms with E-state index in [2.05, 4.69) is 5.32 Å². The zero-order valence-electron chi connectivity index (χ0n) is 13.6. The second-order valence-corrected chi connectivity index (χ2v) is 5.70. The molecular weight excluding hydrogens is 296 g/mol. The van der Waals surface area contributed by atoms with Crippen LogP contribution < -0.4 is 10.2 Å².